The lowest BCUT2D eigenvalue weighted by Crippen LogP contribution is -2.21. The molecule has 0 fully saturated rings. The summed E-state index contributed by atoms with van der Waals surface area (Å²) >= 11 is 5.97. The van der Waals surface area contributed by atoms with E-state index >= 15 is 0 Å². The Morgan fingerprint density at radius 3 is 2.52 bits per heavy atom. The fourth-order valence-electron chi connectivity index (χ4n) is 1.86. The van der Waals surface area contributed by atoms with E-state index in [1.54, 1.807) is 55.5 Å². The first-order valence-electron chi connectivity index (χ1n) is 7.05. The summed E-state index contributed by atoms with van der Waals surface area (Å²) in [6, 6.07) is 13.5. The number of esters is 1. The number of carbonyl (C=O) groups is 2. The number of anilines is 1. The second kappa shape index (κ2) is 8.19. The van der Waals surface area contributed by atoms with Gasteiger partial charge in [0.05, 0.1) is 17.3 Å². The maximum absolute atomic E-state index is 11.9. The van der Waals surface area contributed by atoms with E-state index in [0.717, 1.165) is 0 Å². The third-order valence-corrected chi connectivity index (χ3v) is 3.22. The zero-order valence-corrected chi connectivity index (χ0v) is 13.3. The number of benzene rings is 2. The van der Waals surface area contributed by atoms with E-state index in [1.807, 2.05) is 0 Å². The van der Waals surface area contributed by atoms with Crippen molar-refractivity contribution in [2.24, 2.45) is 0 Å². The maximum atomic E-state index is 11.9. The first kappa shape index (κ1) is 16.8. The minimum Gasteiger partial charge on any atom is -0.483 e. The Hall–Kier alpha value is -2.53. The molecule has 0 aliphatic carbocycles. The minimum absolute atomic E-state index is 0.248. The Bertz CT molecular complexity index is 702. The largest absolute Gasteiger partial charge is 0.483 e. The molecule has 0 atom stereocenters. The number of halogens is 1. The highest BCUT2D eigenvalue weighted by Gasteiger charge is 2.14. The molecule has 2 aromatic carbocycles. The fourth-order valence-corrected chi connectivity index (χ4v) is 2.05. The number of carbonyl (C=O) groups excluding carboxylic acids is 2. The predicted molar refractivity (Wildman–Crippen MR) is 88.0 cm³/mol. The molecule has 1 amide bonds. The van der Waals surface area contributed by atoms with Gasteiger partial charge in [0.1, 0.15) is 11.3 Å². The van der Waals surface area contributed by atoms with Gasteiger partial charge < -0.3 is 14.8 Å². The lowest BCUT2D eigenvalue weighted by Gasteiger charge is -2.11. The van der Waals surface area contributed by atoms with Gasteiger partial charge in [-0.3, -0.25) is 4.79 Å². The molecule has 120 valence electrons. The van der Waals surface area contributed by atoms with Crippen LogP contribution in [0.15, 0.2) is 48.5 Å². The molecular formula is C17H16ClNO4. The maximum Gasteiger partial charge on any atom is 0.341 e. The van der Waals surface area contributed by atoms with Crippen LogP contribution in [0.1, 0.15) is 17.3 Å². The monoisotopic (exact) mass is 333 g/mol. The Morgan fingerprint density at radius 2 is 1.78 bits per heavy atom. The van der Waals surface area contributed by atoms with Crippen LogP contribution in [0.5, 0.6) is 5.75 Å². The van der Waals surface area contributed by atoms with E-state index in [9.17, 15) is 9.59 Å². The number of rotatable bonds is 6. The summed E-state index contributed by atoms with van der Waals surface area (Å²) in [5.74, 6) is -0.577. The Labute approximate surface area is 139 Å². The summed E-state index contributed by atoms with van der Waals surface area (Å²) in [6.07, 6.45) is 0. The van der Waals surface area contributed by atoms with Gasteiger partial charge in [-0.15, -0.1) is 0 Å². The molecule has 1 N–H and O–H groups in total. The van der Waals surface area contributed by atoms with Crippen molar-refractivity contribution in [1.82, 2.24) is 0 Å². The van der Waals surface area contributed by atoms with E-state index in [2.05, 4.69) is 5.32 Å². The van der Waals surface area contributed by atoms with Gasteiger partial charge in [0.2, 0.25) is 0 Å². The van der Waals surface area contributed by atoms with Gasteiger partial charge in [0.15, 0.2) is 6.61 Å². The zero-order valence-electron chi connectivity index (χ0n) is 12.5. The Kier molecular flexibility index (Phi) is 6.00. The number of ether oxygens (including phenoxy) is 2. The SMILES string of the molecule is CCOC(=O)c1ccccc1OCC(=O)Nc1ccccc1Cl. The molecule has 2 rings (SSSR count). The van der Waals surface area contributed by atoms with Crippen molar-refractivity contribution in [3.8, 4) is 5.75 Å². The quantitative estimate of drug-likeness (QED) is 0.821. The van der Waals surface area contributed by atoms with Crippen LogP contribution < -0.4 is 10.1 Å². The lowest BCUT2D eigenvalue weighted by atomic mass is 10.2. The molecule has 0 aliphatic heterocycles. The minimum atomic E-state index is -0.491. The molecule has 0 saturated heterocycles. The molecule has 2 aromatic rings. The van der Waals surface area contributed by atoms with Crippen LogP contribution in [0.3, 0.4) is 0 Å². The van der Waals surface area contributed by atoms with Gasteiger partial charge in [-0.25, -0.2) is 4.79 Å². The molecule has 23 heavy (non-hydrogen) atoms. The number of para-hydroxylation sites is 2. The number of hydrogen-bond acceptors (Lipinski definition) is 4. The highest BCUT2D eigenvalue weighted by Crippen LogP contribution is 2.21. The molecule has 0 spiro atoms. The third kappa shape index (κ3) is 4.72. The molecule has 0 aromatic heterocycles. The summed E-state index contributed by atoms with van der Waals surface area (Å²) in [5, 5.41) is 3.08. The molecule has 0 bridgehead atoms. The molecule has 0 heterocycles. The van der Waals surface area contributed by atoms with E-state index in [4.69, 9.17) is 21.1 Å². The first-order chi connectivity index (χ1) is 11.1. The second-order valence-electron chi connectivity index (χ2n) is 4.53. The van der Waals surface area contributed by atoms with Gasteiger partial charge in [0, 0.05) is 0 Å². The van der Waals surface area contributed by atoms with E-state index in [0.29, 0.717) is 16.5 Å². The van der Waals surface area contributed by atoms with Crippen LogP contribution >= 0.6 is 11.6 Å². The predicted octanol–water partition coefficient (Wildman–Crippen LogP) is 3.53. The summed E-state index contributed by atoms with van der Waals surface area (Å²) in [5.41, 5.74) is 0.779. The van der Waals surface area contributed by atoms with E-state index in [-0.39, 0.29) is 24.7 Å². The third-order valence-electron chi connectivity index (χ3n) is 2.89. The molecule has 0 radical (unpaired) electrons. The molecular weight excluding hydrogens is 318 g/mol. The van der Waals surface area contributed by atoms with Crippen LogP contribution in [-0.2, 0) is 9.53 Å². The Balaban J connectivity index is 1.99. The van der Waals surface area contributed by atoms with Crippen LogP contribution in [0.4, 0.5) is 5.69 Å². The average Bonchev–Trinajstić information content (AvgIpc) is 2.55. The summed E-state index contributed by atoms with van der Waals surface area (Å²) in [6.45, 7) is 1.74. The van der Waals surface area contributed by atoms with Crippen molar-refractivity contribution in [3.63, 3.8) is 0 Å². The highest BCUT2D eigenvalue weighted by molar-refractivity contribution is 6.33. The fraction of sp³-hybridized carbons (Fsp3) is 0.176. The van der Waals surface area contributed by atoms with Crippen molar-refractivity contribution in [2.75, 3.05) is 18.5 Å². The van der Waals surface area contributed by atoms with Gasteiger partial charge in [-0.05, 0) is 31.2 Å². The standard InChI is InChI=1S/C17H16ClNO4/c1-2-22-17(21)12-7-3-6-10-15(12)23-11-16(20)19-14-9-5-4-8-13(14)18/h3-10H,2,11H2,1H3,(H,19,20). The number of hydrogen-bond donors (Lipinski definition) is 1. The summed E-state index contributed by atoms with van der Waals surface area (Å²) in [4.78, 5) is 23.8. The van der Waals surface area contributed by atoms with Gasteiger partial charge in [-0.2, -0.15) is 0 Å². The zero-order chi connectivity index (χ0) is 16.7. The topological polar surface area (TPSA) is 64.6 Å². The lowest BCUT2D eigenvalue weighted by molar-refractivity contribution is -0.118. The van der Waals surface area contributed by atoms with Crippen molar-refractivity contribution in [1.29, 1.82) is 0 Å². The molecule has 0 saturated carbocycles. The summed E-state index contributed by atoms with van der Waals surface area (Å²) in [7, 11) is 0. The van der Waals surface area contributed by atoms with Gasteiger partial charge >= 0.3 is 5.97 Å². The smallest absolute Gasteiger partial charge is 0.341 e. The number of amides is 1. The Morgan fingerprint density at radius 1 is 1.09 bits per heavy atom. The van der Waals surface area contributed by atoms with Crippen LogP contribution in [0.2, 0.25) is 5.02 Å². The second-order valence-corrected chi connectivity index (χ2v) is 4.94. The molecule has 0 aliphatic rings. The van der Waals surface area contributed by atoms with E-state index < -0.39 is 5.97 Å². The van der Waals surface area contributed by atoms with Crippen molar-refractivity contribution in [2.45, 2.75) is 6.92 Å². The van der Waals surface area contributed by atoms with Gasteiger partial charge in [0.25, 0.3) is 5.91 Å². The van der Waals surface area contributed by atoms with Crippen molar-refractivity contribution < 1.29 is 19.1 Å². The molecule has 5 nitrogen and oxygen atoms in total. The highest BCUT2D eigenvalue weighted by atomic mass is 35.5. The van der Waals surface area contributed by atoms with Crippen LogP contribution in [0.25, 0.3) is 0 Å². The molecule has 0 unspecified atom stereocenters. The number of nitrogens with one attached hydrogen (secondary N) is 1. The van der Waals surface area contributed by atoms with Crippen molar-refractivity contribution >= 4 is 29.2 Å². The van der Waals surface area contributed by atoms with Gasteiger partial charge in [-0.1, -0.05) is 35.9 Å². The van der Waals surface area contributed by atoms with E-state index in [1.165, 1.54) is 0 Å². The summed E-state index contributed by atoms with van der Waals surface area (Å²) < 4.78 is 10.4. The molecule has 6 heteroatoms. The van der Waals surface area contributed by atoms with Crippen LogP contribution in [-0.4, -0.2) is 25.1 Å². The average molecular weight is 334 g/mol. The normalized spacial score (nSPS) is 10.0. The van der Waals surface area contributed by atoms with Crippen molar-refractivity contribution in [3.05, 3.63) is 59.1 Å². The first-order valence-corrected chi connectivity index (χ1v) is 7.43. The van der Waals surface area contributed by atoms with Crippen LogP contribution in [0, 0.1) is 0 Å².